The van der Waals surface area contributed by atoms with Gasteiger partial charge >= 0.3 is 0 Å². The zero-order valence-corrected chi connectivity index (χ0v) is 13.4. The third-order valence-corrected chi connectivity index (χ3v) is 4.18. The van der Waals surface area contributed by atoms with Crippen molar-refractivity contribution in [2.45, 2.75) is 6.92 Å². The third kappa shape index (κ3) is 2.32. The summed E-state index contributed by atoms with van der Waals surface area (Å²) in [5.74, 6) is -0.415. The van der Waals surface area contributed by atoms with Gasteiger partial charge in [0, 0.05) is 11.8 Å². The van der Waals surface area contributed by atoms with Crippen LogP contribution in [-0.4, -0.2) is 20.3 Å². The van der Waals surface area contributed by atoms with Crippen LogP contribution < -0.4 is 0 Å². The summed E-state index contributed by atoms with van der Waals surface area (Å²) < 4.78 is 1.74. The summed E-state index contributed by atoms with van der Waals surface area (Å²) in [6, 6.07) is 16.0. The number of phenolic OH excluding ortho intramolecular Hbond substituents is 1. The van der Waals surface area contributed by atoms with Crippen LogP contribution >= 0.6 is 0 Å². The minimum Gasteiger partial charge on any atom is -0.507 e. The zero-order chi connectivity index (χ0) is 17.6. The van der Waals surface area contributed by atoms with Gasteiger partial charge in [0.25, 0.3) is 0 Å². The highest BCUT2D eigenvalue weighted by Crippen LogP contribution is 2.25. The topological polar surface area (TPSA) is 78.4 Å². The number of fused-ring (bicyclic) bond motifs is 3. The van der Waals surface area contributed by atoms with E-state index in [0.717, 1.165) is 16.6 Å². The molecule has 0 amide bonds. The van der Waals surface area contributed by atoms with E-state index in [1.54, 1.807) is 22.7 Å². The average Bonchev–Trinajstić information content (AvgIpc) is 3.01. The molecule has 0 radical (unpaired) electrons. The van der Waals surface area contributed by atoms with Gasteiger partial charge < -0.3 is 5.11 Å². The van der Waals surface area contributed by atoms with E-state index in [1.165, 1.54) is 12.1 Å². The molecule has 4 aromatic rings. The highest BCUT2D eigenvalue weighted by atomic mass is 16.3. The Morgan fingerprint density at radius 3 is 2.80 bits per heavy atom. The lowest BCUT2D eigenvalue weighted by molar-refractivity contribution is 0.103. The Kier molecular flexibility index (Phi) is 3.26. The summed E-state index contributed by atoms with van der Waals surface area (Å²) in [7, 11) is 0. The van der Waals surface area contributed by atoms with E-state index in [9.17, 15) is 15.2 Å². The van der Waals surface area contributed by atoms with E-state index >= 15 is 0 Å². The van der Waals surface area contributed by atoms with Crippen molar-refractivity contribution in [3.63, 3.8) is 0 Å². The smallest absolute Gasteiger partial charge is 0.198 e. The Balaban J connectivity index is 1.99. The van der Waals surface area contributed by atoms with Gasteiger partial charge in [0.2, 0.25) is 0 Å². The van der Waals surface area contributed by atoms with Gasteiger partial charge in [0.05, 0.1) is 22.2 Å². The number of phenols is 1. The zero-order valence-electron chi connectivity index (χ0n) is 13.4. The van der Waals surface area contributed by atoms with Crippen molar-refractivity contribution >= 4 is 22.5 Å². The maximum Gasteiger partial charge on any atom is 0.198 e. The Bertz CT molecular complexity index is 1200. The predicted octanol–water partition coefficient (Wildman–Crippen LogP) is 3.60. The lowest BCUT2D eigenvalue weighted by Crippen LogP contribution is -2.05. The molecule has 0 atom stereocenters. The predicted molar refractivity (Wildman–Crippen MR) is 93.7 cm³/mol. The summed E-state index contributed by atoms with van der Waals surface area (Å²) >= 11 is 0. The quantitative estimate of drug-likeness (QED) is 0.571. The number of pyridine rings is 1. The summed E-state index contributed by atoms with van der Waals surface area (Å²) in [6.07, 6.45) is 1.66. The normalized spacial score (nSPS) is 10.9. The van der Waals surface area contributed by atoms with Crippen LogP contribution in [-0.2, 0) is 0 Å². The summed E-state index contributed by atoms with van der Waals surface area (Å²) in [5, 5.41) is 19.5. The average molecular weight is 327 g/mol. The number of aryl methyl sites for hydroxylation is 1. The Morgan fingerprint density at radius 1 is 1.20 bits per heavy atom. The van der Waals surface area contributed by atoms with Gasteiger partial charge in [-0.3, -0.25) is 9.20 Å². The number of aromatic nitrogens is 2. The molecule has 0 fully saturated rings. The van der Waals surface area contributed by atoms with Crippen molar-refractivity contribution in [2.75, 3.05) is 0 Å². The fourth-order valence-corrected chi connectivity index (χ4v) is 2.96. The Hall–Kier alpha value is -3.65. The number of hydrogen-bond donors (Lipinski definition) is 1. The second-order valence-corrected chi connectivity index (χ2v) is 5.90. The molecule has 2 heterocycles. The molecule has 0 aliphatic rings. The number of ketones is 1. The van der Waals surface area contributed by atoms with E-state index in [0.29, 0.717) is 16.8 Å². The molecule has 0 bridgehead atoms. The van der Waals surface area contributed by atoms with Gasteiger partial charge in [0.1, 0.15) is 11.8 Å². The number of nitrogens with zero attached hydrogens (tertiary/aromatic N) is 3. The van der Waals surface area contributed by atoms with Crippen LogP contribution in [0.4, 0.5) is 0 Å². The maximum atomic E-state index is 12.9. The molecule has 4 rings (SSSR count). The molecular formula is C20H13N3O2. The number of nitriles is 1. The number of benzene rings is 2. The van der Waals surface area contributed by atoms with Gasteiger partial charge in [-0.15, -0.1) is 0 Å². The number of imidazole rings is 1. The van der Waals surface area contributed by atoms with Crippen molar-refractivity contribution in [3.05, 3.63) is 77.0 Å². The molecule has 2 aromatic carbocycles. The molecule has 0 aliphatic heterocycles. The number of carbonyl (C=O) groups excluding carboxylic acids is 1. The van der Waals surface area contributed by atoms with Crippen molar-refractivity contribution in [1.82, 2.24) is 9.38 Å². The van der Waals surface area contributed by atoms with Crippen molar-refractivity contribution in [1.29, 1.82) is 5.26 Å². The monoisotopic (exact) mass is 327 g/mol. The van der Waals surface area contributed by atoms with Gasteiger partial charge in [-0.05, 0) is 37.3 Å². The first-order valence-electron chi connectivity index (χ1n) is 7.74. The molecule has 2 aromatic heterocycles. The van der Waals surface area contributed by atoms with E-state index < -0.39 is 0 Å². The van der Waals surface area contributed by atoms with Gasteiger partial charge in [-0.25, -0.2) is 4.98 Å². The first kappa shape index (κ1) is 14.9. The van der Waals surface area contributed by atoms with Gasteiger partial charge in [-0.2, -0.15) is 5.26 Å². The largest absolute Gasteiger partial charge is 0.507 e. The van der Waals surface area contributed by atoms with E-state index in [2.05, 4.69) is 11.1 Å². The number of aromatic hydroxyl groups is 1. The van der Waals surface area contributed by atoms with Crippen molar-refractivity contribution in [2.24, 2.45) is 0 Å². The summed E-state index contributed by atoms with van der Waals surface area (Å²) in [5.41, 5.74) is 3.80. The highest BCUT2D eigenvalue weighted by molar-refractivity contribution is 6.11. The molecule has 0 saturated heterocycles. The molecule has 5 heteroatoms. The first-order valence-corrected chi connectivity index (χ1v) is 7.74. The second kappa shape index (κ2) is 5.46. The van der Waals surface area contributed by atoms with Crippen LogP contribution in [0, 0.1) is 18.3 Å². The highest BCUT2D eigenvalue weighted by Gasteiger charge is 2.18. The number of carbonyl (C=O) groups is 1. The Labute approximate surface area is 143 Å². The van der Waals surface area contributed by atoms with Crippen LogP contribution in [0.1, 0.15) is 27.0 Å². The van der Waals surface area contributed by atoms with E-state index in [4.69, 9.17) is 0 Å². The van der Waals surface area contributed by atoms with Crippen LogP contribution in [0.25, 0.3) is 16.7 Å². The van der Waals surface area contributed by atoms with Crippen molar-refractivity contribution < 1.29 is 9.90 Å². The van der Waals surface area contributed by atoms with Crippen LogP contribution in [0.5, 0.6) is 5.75 Å². The molecule has 0 spiro atoms. The summed E-state index contributed by atoms with van der Waals surface area (Å²) in [6.45, 7) is 1.85. The van der Waals surface area contributed by atoms with E-state index in [1.807, 2.05) is 31.2 Å². The lowest BCUT2D eigenvalue weighted by Gasteiger charge is -2.07. The molecule has 0 unspecified atom stereocenters. The fraction of sp³-hybridized carbons (Fsp3) is 0.0500. The second-order valence-electron chi connectivity index (χ2n) is 5.90. The third-order valence-electron chi connectivity index (χ3n) is 4.18. The molecule has 0 aliphatic carbocycles. The first-order chi connectivity index (χ1) is 12.1. The summed E-state index contributed by atoms with van der Waals surface area (Å²) in [4.78, 5) is 17.4. The standard InChI is InChI=1S/C20H13N3O2/c1-12-6-7-18(24)15(8-12)19(25)14-9-13(10-21)20-22-16-4-2-3-5-17(16)23(20)11-14/h2-9,11,24H,1H3. The lowest BCUT2D eigenvalue weighted by atomic mass is 10.0. The van der Waals surface area contributed by atoms with Crippen LogP contribution in [0.15, 0.2) is 54.7 Å². The SMILES string of the molecule is Cc1ccc(O)c(C(=O)c2cc(C#N)c3nc4ccccc4n3c2)c1. The molecule has 0 saturated carbocycles. The molecular weight excluding hydrogens is 314 g/mol. The maximum absolute atomic E-state index is 12.9. The van der Waals surface area contributed by atoms with Gasteiger partial charge in [-0.1, -0.05) is 23.8 Å². The molecule has 25 heavy (non-hydrogen) atoms. The molecule has 5 nitrogen and oxygen atoms in total. The molecule has 120 valence electrons. The molecule has 1 N–H and O–H groups in total. The van der Waals surface area contributed by atoms with Crippen LogP contribution in [0.2, 0.25) is 0 Å². The van der Waals surface area contributed by atoms with Crippen molar-refractivity contribution in [3.8, 4) is 11.8 Å². The number of hydrogen-bond acceptors (Lipinski definition) is 4. The minimum atomic E-state index is -0.336. The van der Waals surface area contributed by atoms with Gasteiger partial charge in [0.15, 0.2) is 11.4 Å². The van der Waals surface area contributed by atoms with Crippen LogP contribution in [0.3, 0.4) is 0 Å². The number of rotatable bonds is 2. The Morgan fingerprint density at radius 2 is 2.00 bits per heavy atom. The number of para-hydroxylation sites is 2. The fourth-order valence-electron chi connectivity index (χ4n) is 2.96. The minimum absolute atomic E-state index is 0.0790. The van der Waals surface area contributed by atoms with E-state index in [-0.39, 0.29) is 17.1 Å².